The van der Waals surface area contributed by atoms with Gasteiger partial charge in [0.1, 0.15) is 0 Å². The van der Waals surface area contributed by atoms with Gasteiger partial charge in [-0.05, 0) is 23.8 Å². The molecule has 2 nitrogen and oxygen atoms in total. The maximum atomic E-state index is 10.2. The van der Waals surface area contributed by atoms with Gasteiger partial charge in [0.25, 0.3) is 0 Å². The summed E-state index contributed by atoms with van der Waals surface area (Å²) in [5.74, 6) is 0. The maximum Gasteiger partial charge on any atom is 0.0850 e. The topological polar surface area (TPSA) is 46.2 Å². The molecule has 2 aromatic carbocycles. The van der Waals surface area contributed by atoms with E-state index in [9.17, 15) is 5.11 Å². The average molecular weight is 282 g/mol. The summed E-state index contributed by atoms with van der Waals surface area (Å²) in [4.78, 5) is 0. The molecule has 0 amide bonds. The molecule has 2 aromatic rings. The molecule has 1 atom stereocenters. The van der Waals surface area contributed by atoms with Crippen LogP contribution in [0.5, 0.6) is 0 Å². The van der Waals surface area contributed by atoms with Crippen LogP contribution in [0.3, 0.4) is 0 Å². The third-order valence-corrected chi connectivity index (χ3v) is 3.37. The summed E-state index contributed by atoms with van der Waals surface area (Å²) in [6, 6.07) is 12.5. The van der Waals surface area contributed by atoms with E-state index in [0.29, 0.717) is 27.7 Å². The van der Waals surface area contributed by atoms with Crippen molar-refractivity contribution >= 4 is 28.9 Å². The van der Waals surface area contributed by atoms with Crippen molar-refractivity contribution in [1.82, 2.24) is 0 Å². The molecular formula is C14H13Cl2NO. The Labute approximate surface area is 116 Å². The Morgan fingerprint density at radius 1 is 1.11 bits per heavy atom. The van der Waals surface area contributed by atoms with Crippen molar-refractivity contribution in [2.24, 2.45) is 0 Å². The highest BCUT2D eigenvalue weighted by Gasteiger charge is 2.13. The number of benzene rings is 2. The molecule has 0 aliphatic heterocycles. The molecule has 3 N–H and O–H groups in total. The van der Waals surface area contributed by atoms with Crippen LogP contribution in [0.25, 0.3) is 0 Å². The van der Waals surface area contributed by atoms with Crippen molar-refractivity contribution in [3.05, 3.63) is 63.6 Å². The Bertz CT molecular complexity index is 557. The third kappa shape index (κ3) is 2.96. The quantitative estimate of drug-likeness (QED) is 0.840. The fraction of sp³-hybridized carbons (Fsp3) is 0.143. The normalized spacial score (nSPS) is 12.4. The van der Waals surface area contributed by atoms with Crippen LogP contribution >= 0.6 is 23.2 Å². The molecule has 0 aliphatic rings. The Morgan fingerprint density at radius 3 is 2.50 bits per heavy atom. The second kappa shape index (κ2) is 5.61. The van der Waals surface area contributed by atoms with Gasteiger partial charge in [0, 0.05) is 27.7 Å². The number of nitrogen functional groups attached to an aromatic ring is 1. The first-order chi connectivity index (χ1) is 8.58. The molecule has 0 aromatic heterocycles. The van der Waals surface area contributed by atoms with Crippen molar-refractivity contribution < 1.29 is 5.11 Å². The number of halogens is 2. The number of rotatable bonds is 3. The Kier molecular flexibility index (Phi) is 4.12. The number of nitrogens with two attached hydrogens (primary N) is 1. The first-order valence-corrected chi connectivity index (χ1v) is 6.30. The standard InChI is InChI=1S/C14H13Cl2NO/c15-10-6-5-9(12(16)8-10)7-14(18)11-3-1-2-4-13(11)17/h1-6,8,14,18H,7,17H2. The van der Waals surface area contributed by atoms with Crippen molar-refractivity contribution in [3.63, 3.8) is 0 Å². The number of hydrogen-bond acceptors (Lipinski definition) is 2. The second-order valence-electron chi connectivity index (χ2n) is 4.08. The molecule has 0 fully saturated rings. The maximum absolute atomic E-state index is 10.2. The predicted octanol–water partition coefficient (Wildman–Crippen LogP) is 3.85. The van der Waals surface area contributed by atoms with Crippen LogP contribution < -0.4 is 5.73 Å². The van der Waals surface area contributed by atoms with Gasteiger partial charge in [0.05, 0.1) is 6.10 Å². The van der Waals surface area contributed by atoms with E-state index in [1.807, 2.05) is 24.3 Å². The molecule has 0 bridgehead atoms. The predicted molar refractivity (Wildman–Crippen MR) is 76.0 cm³/mol. The van der Waals surface area contributed by atoms with Crippen molar-refractivity contribution in [2.45, 2.75) is 12.5 Å². The van der Waals surface area contributed by atoms with Crippen LogP contribution in [0.15, 0.2) is 42.5 Å². The van der Waals surface area contributed by atoms with Crippen LogP contribution in [0.1, 0.15) is 17.2 Å². The second-order valence-corrected chi connectivity index (χ2v) is 4.93. The zero-order valence-electron chi connectivity index (χ0n) is 9.61. The van der Waals surface area contributed by atoms with Crippen LogP contribution in [0, 0.1) is 0 Å². The van der Waals surface area contributed by atoms with E-state index in [4.69, 9.17) is 28.9 Å². The van der Waals surface area contributed by atoms with Crippen molar-refractivity contribution in [2.75, 3.05) is 5.73 Å². The Balaban J connectivity index is 2.21. The summed E-state index contributed by atoms with van der Waals surface area (Å²) in [5, 5.41) is 11.3. The lowest BCUT2D eigenvalue weighted by Gasteiger charge is -2.14. The first kappa shape index (κ1) is 13.2. The zero-order chi connectivity index (χ0) is 13.1. The highest BCUT2D eigenvalue weighted by atomic mass is 35.5. The highest BCUT2D eigenvalue weighted by Crippen LogP contribution is 2.28. The van der Waals surface area contributed by atoms with E-state index in [2.05, 4.69) is 0 Å². The largest absolute Gasteiger partial charge is 0.398 e. The number of para-hydroxylation sites is 1. The molecule has 0 aliphatic carbocycles. The van der Waals surface area contributed by atoms with E-state index in [0.717, 1.165) is 5.56 Å². The van der Waals surface area contributed by atoms with E-state index < -0.39 is 6.10 Å². The summed E-state index contributed by atoms with van der Waals surface area (Å²) in [6.07, 6.45) is -0.269. The van der Waals surface area contributed by atoms with Crippen LogP contribution in [-0.2, 0) is 6.42 Å². The van der Waals surface area contributed by atoms with Gasteiger partial charge in [-0.25, -0.2) is 0 Å². The fourth-order valence-electron chi connectivity index (χ4n) is 1.82. The van der Waals surface area contributed by atoms with Crippen LogP contribution in [0.4, 0.5) is 5.69 Å². The summed E-state index contributed by atoms with van der Waals surface area (Å²) >= 11 is 11.9. The Morgan fingerprint density at radius 2 is 1.83 bits per heavy atom. The lowest BCUT2D eigenvalue weighted by molar-refractivity contribution is 0.179. The molecule has 0 saturated heterocycles. The summed E-state index contributed by atoms with van der Waals surface area (Å²) in [5.41, 5.74) is 7.96. The molecular weight excluding hydrogens is 269 g/mol. The van der Waals surface area contributed by atoms with E-state index in [1.54, 1.807) is 18.2 Å². The minimum Gasteiger partial charge on any atom is -0.398 e. The van der Waals surface area contributed by atoms with Gasteiger partial charge in [0.2, 0.25) is 0 Å². The summed E-state index contributed by atoms with van der Waals surface area (Å²) < 4.78 is 0. The van der Waals surface area contributed by atoms with Gasteiger partial charge in [-0.3, -0.25) is 0 Å². The third-order valence-electron chi connectivity index (χ3n) is 2.78. The molecule has 4 heteroatoms. The summed E-state index contributed by atoms with van der Waals surface area (Å²) in [7, 11) is 0. The number of aliphatic hydroxyl groups is 1. The van der Waals surface area contributed by atoms with Gasteiger partial charge < -0.3 is 10.8 Å². The van der Waals surface area contributed by atoms with Gasteiger partial charge in [-0.1, -0.05) is 47.5 Å². The van der Waals surface area contributed by atoms with E-state index in [-0.39, 0.29) is 0 Å². The van der Waals surface area contributed by atoms with Gasteiger partial charge in [-0.2, -0.15) is 0 Å². The highest BCUT2D eigenvalue weighted by molar-refractivity contribution is 6.35. The molecule has 1 unspecified atom stereocenters. The molecule has 0 heterocycles. The molecule has 0 saturated carbocycles. The SMILES string of the molecule is Nc1ccccc1C(O)Cc1ccc(Cl)cc1Cl. The Hall–Kier alpha value is -1.22. The minimum atomic E-state index is -0.676. The molecule has 94 valence electrons. The average Bonchev–Trinajstić information content (AvgIpc) is 2.33. The van der Waals surface area contributed by atoms with Gasteiger partial charge in [0.15, 0.2) is 0 Å². The van der Waals surface area contributed by atoms with Crippen molar-refractivity contribution in [3.8, 4) is 0 Å². The smallest absolute Gasteiger partial charge is 0.0850 e. The lowest BCUT2D eigenvalue weighted by atomic mass is 10.00. The zero-order valence-corrected chi connectivity index (χ0v) is 11.1. The van der Waals surface area contributed by atoms with E-state index >= 15 is 0 Å². The fourth-order valence-corrected chi connectivity index (χ4v) is 2.31. The van der Waals surface area contributed by atoms with Gasteiger partial charge >= 0.3 is 0 Å². The van der Waals surface area contributed by atoms with Crippen molar-refractivity contribution in [1.29, 1.82) is 0 Å². The monoisotopic (exact) mass is 281 g/mol. The lowest BCUT2D eigenvalue weighted by Crippen LogP contribution is -2.05. The van der Waals surface area contributed by atoms with Crippen LogP contribution in [0.2, 0.25) is 10.0 Å². The molecule has 0 radical (unpaired) electrons. The van der Waals surface area contributed by atoms with Crippen LogP contribution in [-0.4, -0.2) is 5.11 Å². The number of anilines is 1. The molecule has 2 rings (SSSR count). The molecule has 18 heavy (non-hydrogen) atoms. The summed E-state index contributed by atoms with van der Waals surface area (Å²) in [6.45, 7) is 0. The number of hydrogen-bond donors (Lipinski definition) is 2. The first-order valence-electron chi connectivity index (χ1n) is 5.54. The van der Waals surface area contributed by atoms with Gasteiger partial charge in [-0.15, -0.1) is 0 Å². The minimum absolute atomic E-state index is 0.407. The molecule has 0 spiro atoms. The van der Waals surface area contributed by atoms with E-state index in [1.165, 1.54) is 0 Å². The number of aliphatic hydroxyl groups excluding tert-OH is 1.